The Balaban J connectivity index is 2.09. The Morgan fingerprint density at radius 3 is 2.83 bits per heavy atom. The van der Waals surface area contributed by atoms with Gasteiger partial charge in [0.15, 0.2) is 0 Å². The van der Waals surface area contributed by atoms with Crippen molar-refractivity contribution >= 4 is 27.5 Å². The van der Waals surface area contributed by atoms with Crippen LogP contribution in [0.25, 0.3) is 0 Å². The maximum Gasteiger partial charge on any atom is 0.252 e. The number of rotatable bonds is 2. The van der Waals surface area contributed by atoms with Crippen molar-refractivity contribution in [1.29, 1.82) is 0 Å². The van der Waals surface area contributed by atoms with Gasteiger partial charge in [0.05, 0.1) is 17.7 Å². The number of nitrogen functional groups attached to an aromatic ring is 1. The fraction of sp³-hybridized carbons (Fsp3) is 0.462. The summed E-state index contributed by atoms with van der Waals surface area (Å²) in [4.78, 5) is 12.1. The summed E-state index contributed by atoms with van der Waals surface area (Å²) in [7, 11) is 0. The van der Waals surface area contributed by atoms with E-state index in [4.69, 9.17) is 5.73 Å². The lowest BCUT2D eigenvalue weighted by molar-refractivity contribution is 0.0717. The monoisotopic (exact) mass is 312 g/mol. The van der Waals surface area contributed by atoms with Crippen molar-refractivity contribution in [2.75, 3.05) is 5.73 Å². The number of nitrogens with one attached hydrogen (secondary N) is 1. The highest BCUT2D eigenvalue weighted by Gasteiger charge is 2.25. The molecule has 0 aromatic heterocycles. The van der Waals surface area contributed by atoms with Gasteiger partial charge >= 0.3 is 0 Å². The van der Waals surface area contributed by atoms with Crippen molar-refractivity contribution in [3.63, 3.8) is 0 Å². The van der Waals surface area contributed by atoms with Gasteiger partial charge in [-0.1, -0.05) is 12.8 Å². The smallest absolute Gasteiger partial charge is 0.252 e. The maximum atomic E-state index is 12.1. The Kier molecular flexibility index (Phi) is 4.24. The summed E-state index contributed by atoms with van der Waals surface area (Å²) in [5, 5.41) is 12.7. The minimum Gasteiger partial charge on any atom is -0.399 e. The molecule has 0 bridgehead atoms. The molecule has 0 spiro atoms. The number of aliphatic hydroxyl groups excluding tert-OH is 1. The van der Waals surface area contributed by atoms with E-state index in [9.17, 15) is 9.90 Å². The van der Waals surface area contributed by atoms with Gasteiger partial charge in [0.25, 0.3) is 5.91 Å². The van der Waals surface area contributed by atoms with Crippen LogP contribution in [0.3, 0.4) is 0 Å². The molecular weight excluding hydrogens is 296 g/mol. The number of hydrogen-bond acceptors (Lipinski definition) is 3. The van der Waals surface area contributed by atoms with Crippen LogP contribution in [0.5, 0.6) is 0 Å². The van der Waals surface area contributed by atoms with E-state index < -0.39 is 6.10 Å². The van der Waals surface area contributed by atoms with E-state index in [1.165, 1.54) is 0 Å². The second-order valence-corrected chi connectivity index (χ2v) is 5.53. The normalized spacial score (nSPS) is 23.7. The first-order valence-electron chi connectivity index (χ1n) is 6.12. The summed E-state index contributed by atoms with van der Waals surface area (Å²) in [6.45, 7) is 0. The van der Waals surface area contributed by atoms with E-state index in [-0.39, 0.29) is 11.9 Å². The van der Waals surface area contributed by atoms with Crippen molar-refractivity contribution in [2.24, 2.45) is 0 Å². The number of carbonyl (C=O) groups is 1. The molecule has 1 amide bonds. The van der Waals surface area contributed by atoms with Gasteiger partial charge in [-0.3, -0.25) is 4.79 Å². The first-order valence-corrected chi connectivity index (χ1v) is 6.91. The average molecular weight is 313 g/mol. The van der Waals surface area contributed by atoms with Crippen molar-refractivity contribution in [3.8, 4) is 0 Å². The molecule has 5 heteroatoms. The predicted molar refractivity (Wildman–Crippen MR) is 74.3 cm³/mol. The molecule has 4 N–H and O–H groups in total. The highest BCUT2D eigenvalue weighted by atomic mass is 79.9. The Hall–Kier alpha value is -1.07. The number of halogens is 1. The zero-order valence-corrected chi connectivity index (χ0v) is 11.6. The summed E-state index contributed by atoms with van der Waals surface area (Å²) in [5.74, 6) is -0.194. The largest absolute Gasteiger partial charge is 0.399 e. The van der Waals surface area contributed by atoms with Crippen molar-refractivity contribution in [2.45, 2.75) is 37.8 Å². The average Bonchev–Trinajstić information content (AvgIpc) is 2.35. The number of hydrogen-bond donors (Lipinski definition) is 3. The molecular formula is C13H17BrN2O2. The highest BCUT2D eigenvalue weighted by molar-refractivity contribution is 9.10. The SMILES string of the molecule is Nc1ccc(Br)c(C(=O)NC2CCCCC2O)c1. The molecule has 1 aliphatic carbocycles. The van der Waals surface area contributed by atoms with Gasteiger partial charge in [-0.15, -0.1) is 0 Å². The molecule has 1 fully saturated rings. The van der Waals surface area contributed by atoms with Gasteiger partial charge < -0.3 is 16.2 Å². The van der Waals surface area contributed by atoms with Crippen LogP contribution in [-0.4, -0.2) is 23.2 Å². The molecule has 1 saturated carbocycles. The Labute approximate surface area is 115 Å². The summed E-state index contributed by atoms with van der Waals surface area (Å²) in [6, 6.07) is 4.96. The molecule has 1 aromatic carbocycles. The van der Waals surface area contributed by atoms with Crippen LogP contribution < -0.4 is 11.1 Å². The number of benzene rings is 1. The summed E-state index contributed by atoms with van der Waals surface area (Å²) in [5.41, 5.74) is 6.73. The molecule has 0 radical (unpaired) electrons. The van der Waals surface area contributed by atoms with Crippen LogP contribution in [0, 0.1) is 0 Å². The minimum absolute atomic E-state index is 0.153. The van der Waals surface area contributed by atoms with Crippen LogP contribution in [0.4, 0.5) is 5.69 Å². The number of amides is 1. The van der Waals surface area contributed by atoms with Gasteiger partial charge in [-0.05, 0) is 47.0 Å². The Bertz CT molecular complexity index is 451. The minimum atomic E-state index is -0.442. The van der Waals surface area contributed by atoms with E-state index >= 15 is 0 Å². The number of aliphatic hydroxyl groups is 1. The van der Waals surface area contributed by atoms with E-state index in [0.29, 0.717) is 15.7 Å². The van der Waals surface area contributed by atoms with Gasteiger partial charge in [0, 0.05) is 10.2 Å². The molecule has 1 aromatic rings. The topological polar surface area (TPSA) is 75.4 Å². The second-order valence-electron chi connectivity index (χ2n) is 4.67. The zero-order chi connectivity index (χ0) is 13.1. The Morgan fingerprint density at radius 2 is 2.11 bits per heavy atom. The lowest BCUT2D eigenvalue weighted by Gasteiger charge is -2.28. The lowest BCUT2D eigenvalue weighted by Crippen LogP contribution is -2.45. The van der Waals surface area contributed by atoms with E-state index in [0.717, 1.165) is 25.7 Å². The van der Waals surface area contributed by atoms with E-state index in [1.807, 2.05) is 0 Å². The predicted octanol–water partition coefficient (Wildman–Crippen LogP) is 2.06. The van der Waals surface area contributed by atoms with Gasteiger partial charge in [0.2, 0.25) is 0 Å². The highest BCUT2D eigenvalue weighted by Crippen LogP contribution is 2.22. The number of nitrogens with two attached hydrogens (primary N) is 1. The molecule has 18 heavy (non-hydrogen) atoms. The zero-order valence-electron chi connectivity index (χ0n) is 10.0. The van der Waals surface area contributed by atoms with E-state index in [2.05, 4.69) is 21.2 Å². The molecule has 1 aliphatic rings. The molecule has 2 atom stereocenters. The molecule has 4 nitrogen and oxygen atoms in total. The molecule has 0 saturated heterocycles. The van der Waals surface area contributed by atoms with Gasteiger partial charge in [-0.25, -0.2) is 0 Å². The van der Waals surface area contributed by atoms with E-state index in [1.54, 1.807) is 18.2 Å². The van der Waals surface area contributed by atoms with Crippen LogP contribution >= 0.6 is 15.9 Å². The lowest BCUT2D eigenvalue weighted by atomic mass is 9.92. The summed E-state index contributed by atoms with van der Waals surface area (Å²) >= 11 is 3.33. The summed E-state index contributed by atoms with van der Waals surface area (Å²) < 4.78 is 0.708. The standard InChI is InChI=1S/C13H17BrN2O2/c14-10-6-5-8(15)7-9(10)13(18)16-11-3-1-2-4-12(11)17/h5-7,11-12,17H,1-4,15H2,(H,16,18). The van der Waals surface area contributed by atoms with Crippen molar-refractivity contribution in [3.05, 3.63) is 28.2 Å². The molecule has 2 unspecified atom stereocenters. The first-order chi connectivity index (χ1) is 8.58. The van der Waals surface area contributed by atoms with Crippen LogP contribution in [0.15, 0.2) is 22.7 Å². The number of anilines is 1. The van der Waals surface area contributed by atoms with Crippen molar-refractivity contribution < 1.29 is 9.90 Å². The molecule has 0 heterocycles. The first kappa shape index (κ1) is 13.4. The van der Waals surface area contributed by atoms with Crippen LogP contribution in [0.1, 0.15) is 36.0 Å². The van der Waals surface area contributed by atoms with Crippen LogP contribution in [-0.2, 0) is 0 Å². The molecule has 2 rings (SSSR count). The van der Waals surface area contributed by atoms with Crippen LogP contribution in [0.2, 0.25) is 0 Å². The van der Waals surface area contributed by atoms with Crippen molar-refractivity contribution in [1.82, 2.24) is 5.32 Å². The second kappa shape index (κ2) is 5.71. The molecule has 98 valence electrons. The third-order valence-electron chi connectivity index (χ3n) is 3.28. The quantitative estimate of drug-likeness (QED) is 0.732. The third kappa shape index (κ3) is 3.03. The molecule has 0 aliphatic heterocycles. The third-order valence-corrected chi connectivity index (χ3v) is 3.97. The maximum absolute atomic E-state index is 12.1. The van der Waals surface area contributed by atoms with Gasteiger partial charge in [0.1, 0.15) is 0 Å². The van der Waals surface area contributed by atoms with Gasteiger partial charge in [-0.2, -0.15) is 0 Å². The fourth-order valence-corrected chi connectivity index (χ4v) is 2.67. The fourth-order valence-electron chi connectivity index (χ4n) is 2.24. The number of carbonyl (C=O) groups excluding carboxylic acids is 1. The Morgan fingerprint density at radius 1 is 1.39 bits per heavy atom. The summed E-state index contributed by atoms with van der Waals surface area (Å²) in [6.07, 6.45) is 3.20.